The molecule has 0 amide bonds. The van der Waals surface area contributed by atoms with Crippen LogP contribution in [0.15, 0.2) is 34.2 Å². The molecule has 0 unspecified atom stereocenters. The average Bonchev–Trinajstić information content (AvgIpc) is 2.58. The molecule has 0 aromatic heterocycles. The number of piperidine rings is 1. The number of sulfonamides is 1. The summed E-state index contributed by atoms with van der Waals surface area (Å²) in [7, 11) is -1.95. The Balaban J connectivity index is 0.00000338. The minimum atomic E-state index is -3.68. The van der Waals surface area contributed by atoms with E-state index in [1.807, 2.05) is 6.07 Å². The third kappa shape index (κ3) is 7.01. The van der Waals surface area contributed by atoms with Gasteiger partial charge in [-0.05, 0) is 44.4 Å². The Labute approximate surface area is 173 Å². The number of nitrogens with one attached hydrogen (secondary N) is 2. The number of aliphatic imine (C=N–C) groups is 1. The van der Waals surface area contributed by atoms with Gasteiger partial charge >= 0.3 is 0 Å². The molecule has 1 saturated heterocycles. The summed E-state index contributed by atoms with van der Waals surface area (Å²) in [5.41, 5.74) is 0.837. The fraction of sp³-hybridized carbons (Fsp3) is 0.588. The van der Waals surface area contributed by atoms with Crippen LogP contribution in [0, 0.1) is 0 Å². The van der Waals surface area contributed by atoms with Crippen molar-refractivity contribution in [3.05, 3.63) is 29.8 Å². The molecule has 1 aromatic rings. The quantitative estimate of drug-likeness (QED) is 0.327. The largest absolute Gasteiger partial charge is 0.354 e. The topological polar surface area (TPSA) is 99.8 Å². The molecule has 0 bridgehead atoms. The van der Waals surface area contributed by atoms with Gasteiger partial charge in [-0.2, -0.15) is 0 Å². The average molecular weight is 495 g/mol. The van der Waals surface area contributed by atoms with E-state index in [-0.39, 0.29) is 28.9 Å². The Morgan fingerprint density at radius 1 is 1.35 bits per heavy atom. The Morgan fingerprint density at radius 2 is 2.00 bits per heavy atom. The van der Waals surface area contributed by atoms with Gasteiger partial charge in [0.2, 0.25) is 10.0 Å². The van der Waals surface area contributed by atoms with Gasteiger partial charge < -0.3 is 15.5 Å². The first-order valence-electron chi connectivity index (χ1n) is 8.62. The molecule has 0 aliphatic carbocycles. The number of halogens is 1. The molecule has 0 atom stereocenters. The van der Waals surface area contributed by atoms with Crippen LogP contribution in [0.25, 0.3) is 0 Å². The van der Waals surface area contributed by atoms with E-state index in [4.69, 9.17) is 5.14 Å². The highest BCUT2D eigenvalue weighted by Crippen LogP contribution is 2.13. The number of likely N-dealkylation sites (tertiary alicyclic amines) is 1. The summed E-state index contributed by atoms with van der Waals surface area (Å²) in [4.78, 5) is 6.86. The first kappa shape index (κ1) is 23.1. The summed E-state index contributed by atoms with van der Waals surface area (Å²) in [6.45, 7) is 7.10. The number of rotatable bonds is 5. The maximum Gasteiger partial charge on any atom is 0.238 e. The van der Waals surface area contributed by atoms with Crippen LogP contribution in [0.2, 0.25) is 0 Å². The normalized spacial score (nSPS) is 17.0. The van der Waals surface area contributed by atoms with Crippen molar-refractivity contribution in [2.24, 2.45) is 10.1 Å². The molecule has 4 N–H and O–H groups in total. The molecule has 0 saturated carbocycles. The second kappa shape index (κ2) is 10.4. The molecule has 7 nitrogen and oxygen atoms in total. The van der Waals surface area contributed by atoms with E-state index in [0.29, 0.717) is 18.6 Å². The third-order valence-electron chi connectivity index (χ3n) is 4.51. The molecule has 2 rings (SSSR count). The van der Waals surface area contributed by atoms with Crippen molar-refractivity contribution < 1.29 is 8.42 Å². The zero-order valence-corrected chi connectivity index (χ0v) is 18.8. The lowest BCUT2D eigenvalue weighted by atomic mass is 10.0. The van der Waals surface area contributed by atoms with E-state index >= 15 is 0 Å². The van der Waals surface area contributed by atoms with Crippen molar-refractivity contribution in [3.8, 4) is 0 Å². The smallest absolute Gasteiger partial charge is 0.238 e. The Kier molecular flexibility index (Phi) is 9.28. The van der Waals surface area contributed by atoms with Crippen molar-refractivity contribution in [1.82, 2.24) is 15.5 Å². The molecule has 1 aliphatic heterocycles. The predicted molar refractivity (Wildman–Crippen MR) is 116 cm³/mol. The van der Waals surface area contributed by atoms with E-state index in [2.05, 4.69) is 34.4 Å². The first-order chi connectivity index (χ1) is 11.8. The van der Waals surface area contributed by atoms with E-state index < -0.39 is 10.0 Å². The van der Waals surface area contributed by atoms with E-state index in [9.17, 15) is 8.42 Å². The minimum Gasteiger partial charge on any atom is -0.354 e. The number of primary sulfonamides is 1. The molecule has 9 heteroatoms. The highest BCUT2D eigenvalue weighted by Gasteiger charge is 2.21. The van der Waals surface area contributed by atoms with Crippen LogP contribution in [0.5, 0.6) is 0 Å². The third-order valence-corrected chi connectivity index (χ3v) is 5.42. The number of hydrogen-bond acceptors (Lipinski definition) is 4. The molecule has 26 heavy (non-hydrogen) atoms. The van der Waals surface area contributed by atoms with Crippen LogP contribution in [-0.4, -0.2) is 51.5 Å². The van der Waals surface area contributed by atoms with Crippen molar-refractivity contribution >= 4 is 40.0 Å². The van der Waals surface area contributed by atoms with Crippen molar-refractivity contribution in [3.63, 3.8) is 0 Å². The summed E-state index contributed by atoms with van der Waals surface area (Å²) in [5, 5.41) is 11.9. The summed E-state index contributed by atoms with van der Waals surface area (Å²) in [6.07, 6.45) is 2.17. The van der Waals surface area contributed by atoms with Crippen LogP contribution >= 0.6 is 24.0 Å². The Morgan fingerprint density at radius 3 is 2.54 bits per heavy atom. The lowest BCUT2D eigenvalue weighted by molar-refractivity contribution is 0.167. The summed E-state index contributed by atoms with van der Waals surface area (Å²) >= 11 is 0. The Bertz CT molecular complexity index is 701. The Hall–Kier alpha value is -0.910. The summed E-state index contributed by atoms with van der Waals surface area (Å²) in [5.74, 6) is 0.726. The number of benzene rings is 1. The summed E-state index contributed by atoms with van der Waals surface area (Å²) in [6, 6.07) is 7.61. The molecular weight excluding hydrogens is 465 g/mol. The van der Waals surface area contributed by atoms with Crippen molar-refractivity contribution in [1.29, 1.82) is 0 Å². The second-order valence-corrected chi connectivity index (χ2v) is 8.23. The highest BCUT2D eigenvalue weighted by atomic mass is 127. The van der Waals surface area contributed by atoms with Crippen molar-refractivity contribution in [2.45, 2.75) is 50.2 Å². The lowest BCUT2D eigenvalue weighted by Gasteiger charge is -2.35. The fourth-order valence-electron chi connectivity index (χ4n) is 2.97. The maximum absolute atomic E-state index is 11.4. The molecule has 148 valence electrons. The number of guanidine groups is 1. The predicted octanol–water partition coefficient (Wildman–Crippen LogP) is 1.49. The standard InChI is InChI=1S/C17H29N5O2S.HI/c1-13(2)22-9-7-15(8-10-22)21-17(19-3)20-12-14-5-4-6-16(11-14)25(18,23)24;/h4-6,11,13,15H,7-10,12H2,1-3H3,(H2,18,23,24)(H2,19,20,21);1H. The van der Waals surface area contributed by atoms with Gasteiger partial charge in [-0.1, -0.05) is 12.1 Å². The first-order valence-corrected chi connectivity index (χ1v) is 10.2. The zero-order valence-electron chi connectivity index (χ0n) is 15.6. The van der Waals surface area contributed by atoms with Crippen LogP contribution < -0.4 is 15.8 Å². The van der Waals surface area contributed by atoms with E-state index in [0.717, 1.165) is 37.5 Å². The van der Waals surface area contributed by atoms with Crippen molar-refractivity contribution in [2.75, 3.05) is 20.1 Å². The zero-order chi connectivity index (χ0) is 18.4. The summed E-state index contributed by atoms with van der Waals surface area (Å²) < 4.78 is 22.9. The van der Waals surface area contributed by atoms with Gasteiger partial charge in [0.15, 0.2) is 5.96 Å². The maximum atomic E-state index is 11.4. The SMILES string of the molecule is CN=C(NCc1cccc(S(N)(=O)=O)c1)NC1CCN(C(C)C)CC1.I. The van der Waals surface area contributed by atoms with Gasteiger partial charge in [0.25, 0.3) is 0 Å². The number of hydrogen-bond donors (Lipinski definition) is 3. The fourth-order valence-corrected chi connectivity index (χ4v) is 3.55. The molecular formula is C17H30IN5O2S. The van der Waals surface area contributed by atoms with Gasteiger partial charge in [0, 0.05) is 38.8 Å². The van der Waals surface area contributed by atoms with E-state index in [1.54, 1.807) is 19.2 Å². The molecule has 1 heterocycles. The second-order valence-electron chi connectivity index (χ2n) is 6.67. The van der Waals surface area contributed by atoms with Gasteiger partial charge in [-0.3, -0.25) is 4.99 Å². The molecule has 0 radical (unpaired) electrons. The minimum absolute atomic E-state index is 0. The van der Waals surface area contributed by atoms with Crippen LogP contribution in [0.4, 0.5) is 0 Å². The number of nitrogens with two attached hydrogens (primary N) is 1. The lowest BCUT2D eigenvalue weighted by Crippen LogP contribution is -2.49. The van der Waals surface area contributed by atoms with Gasteiger partial charge in [0.1, 0.15) is 0 Å². The molecule has 0 spiro atoms. The van der Waals surface area contributed by atoms with Gasteiger partial charge in [-0.15, -0.1) is 24.0 Å². The van der Waals surface area contributed by atoms with Crippen LogP contribution in [0.3, 0.4) is 0 Å². The highest BCUT2D eigenvalue weighted by molar-refractivity contribution is 14.0. The molecule has 1 fully saturated rings. The molecule has 1 aliphatic rings. The number of nitrogens with zero attached hydrogens (tertiary/aromatic N) is 2. The van der Waals surface area contributed by atoms with E-state index in [1.165, 1.54) is 6.07 Å². The van der Waals surface area contributed by atoms with Gasteiger partial charge in [-0.25, -0.2) is 13.6 Å². The molecule has 1 aromatic carbocycles. The van der Waals surface area contributed by atoms with Crippen LogP contribution in [-0.2, 0) is 16.6 Å². The van der Waals surface area contributed by atoms with Gasteiger partial charge in [0.05, 0.1) is 4.90 Å². The monoisotopic (exact) mass is 495 g/mol. The van der Waals surface area contributed by atoms with Crippen LogP contribution in [0.1, 0.15) is 32.3 Å².